The standard InChI is InChI=1S/C12H19NO.C3H7NO2.HI/c1-3-12(13,4-2)9-10-7-5-6-8-11(10)14;1-4(2)3(5)6;/h5-8,14H,3-4,9,13H2,1-2H3;1-2H3,(H,5,6);1H. The molecule has 0 saturated carbocycles. The van der Waals surface area contributed by atoms with Crippen LogP contribution in [0.1, 0.15) is 32.3 Å². The number of amides is 1. The molecule has 4 N–H and O–H groups in total. The summed E-state index contributed by atoms with van der Waals surface area (Å²) < 4.78 is 0. The van der Waals surface area contributed by atoms with Gasteiger partial charge in [0.2, 0.25) is 0 Å². The highest BCUT2D eigenvalue weighted by Gasteiger charge is 2.25. The monoisotopic (exact) mass is 410 g/mol. The van der Waals surface area contributed by atoms with E-state index in [1.54, 1.807) is 6.07 Å². The molecule has 0 heterocycles. The normalized spacial score (nSPS) is 9.95. The molecule has 0 atom stereocenters. The lowest BCUT2D eigenvalue weighted by atomic mass is 9.86. The molecule has 0 unspecified atom stereocenters. The van der Waals surface area contributed by atoms with Crippen LogP contribution in [0.25, 0.3) is 0 Å². The molecule has 0 bridgehead atoms. The first kappa shape index (κ1) is 22.3. The zero-order valence-electron chi connectivity index (χ0n) is 13.3. The van der Waals surface area contributed by atoms with Crippen molar-refractivity contribution >= 4 is 30.1 Å². The number of halogens is 1. The Morgan fingerprint density at radius 2 is 1.71 bits per heavy atom. The summed E-state index contributed by atoms with van der Waals surface area (Å²) in [6.45, 7) is 4.30. The van der Waals surface area contributed by atoms with Crippen LogP contribution in [0.4, 0.5) is 4.79 Å². The van der Waals surface area contributed by atoms with E-state index in [-0.39, 0.29) is 29.5 Å². The van der Waals surface area contributed by atoms with Gasteiger partial charge >= 0.3 is 0 Å². The topological polar surface area (TPSA) is 91.2 Å². The number of hydrogen-bond acceptors (Lipinski definition) is 3. The van der Waals surface area contributed by atoms with Crippen LogP contribution in [0.3, 0.4) is 0 Å². The third-order valence-electron chi connectivity index (χ3n) is 3.42. The maximum Gasteiger partial charge on any atom is 0.136 e. The number of phenols is 1. The number of carbonyl (C=O) groups excluding carboxylic acids is 1. The Labute approximate surface area is 144 Å². The predicted molar refractivity (Wildman–Crippen MR) is 92.5 cm³/mol. The van der Waals surface area contributed by atoms with Gasteiger partial charge < -0.3 is 25.6 Å². The molecule has 1 aromatic carbocycles. The van der Waals surface area contributed by atoms with Gasteiger partial charge in [0.05, 0.1) is 5.54 Å². The van der Waals surface area contributed by atoms with Crippen LogP contribution in [0.15, 0.2) is 24.3 Å². The Kier molecular flexibility index (Phi) is 11.3. The molecule has 122 valence electrons. The summed E-state index contributed by atoms with van der Waals surface area (Å²) in [5.74, 6) is 0.391. The summed E-state index contributed by atoms with van der Waals surface area (Å²) in [4.78, 5) is 10.5. The van der Waals surface area contributed by atoms with Crippen molar-refractivity contribution in [3.05, 3.63) is 29.8 Å². The van der Waals surface area contributed by atoms with E-state index in [0.717, 1.165) is 29.7 Å². The molecule has 21 heavy (non-hydrogen) atoms. The Hall–Kier alpha value is -1.02. The lowest BCUT2D eigenvalue weighted by molar-refractivity contribution is -0.479. The molecular weight excluding hydrogens is 383 g/mol. The van der Waals surface area contributed by atoms with Crippen LogP contribution in [0, 0.1) is 0 Å². The van der Waals surface area contributed by atoms with Gasteiger partial charge in [0.15, 0.2) is 0 Å². The first-order valence-corrected chi connectivity index (χ1v) is 6.76. The number of phenolic OH excluding ortho intramolecular Hbond substituents is 1. The van der Waals surface area contributed by atoms with E-state index in [4.69, 9.17) is 0 Å². The summed E-state index contributed by atoms with van der Waals surface area (Å²) in [7, 11) is 2.82. The molecule has 0 aliphatic heterocycles. The summed E-state index contributed by atoms with van der Waals surface area (Å²) >= 11 is 0. The molecule has 6 heteroatoms. The Bertz CT molecular complexity index is 421. The van der Waals surface area contributed by atoms with Gasteiger partial charge in [-0.05, 0) is 18.9 Å². The van der Waals surface area contributed by atoms with Crippen LogP contribution in [0.5, 0.6) is 5.75 Å². The first-order chi connectivity index (χ1) is 9.25. The molecular formula is C15H27IN2O3. The number of carbonyl (C=O) groups is 1. The van der Waals surface area contributed by atoms with Gasteiger partial charge in [0.1, 0.15) is 11.8 Å². The molecule has 0 aliphatic rings. The number of carboxylic acid groups (broad SMARTS) is 1. The van der Waals surface area contributed by atoms with Crippen LogP contribution < -0.4 is 10.8 Å². The second kappa shape index (κ2) is 10.7. The van der Waals surface area contributed by atoms with E-state index in [0.29, 0.717) is 5.75 Å². The zero-order chi connectivity index (χ0) is 15.8. The third kappa shape index (κ3) is 8.77. The fraction of sp³-hybridized carbons (Fsp3) is 0.533. The minimum atomic E-state index is -1.16. The number of para-hydroxylation sites is 1. The Balaban J connectivity index is 0. The number of rotatable bonds is 4. The highest BCUT2D eigenvalue weighted by Crippen LogP contribution is 2.22. The SMILES string of the molecule is CCC([NH3+])(CC)Cc1ccccc1O.CN(C)C(=O)[O-].I. The van der Waals surface area contributed by atoms with E-state index >= 15 is 0 Å². The van der Waals surface area contributed by atoms with Gasteiger partial charge in [-0.25, -0.2) is 0 Å². The highest BCUT2D eigenvalue weighted by atomic mass is 127. The van der Waals surface area contributed by atoms with Gasteiger partial charge in [-0.15, -0.1) is 24.0 Å². The summed E-state index contributed by atoms with van der Waals surface area (Å²) in [6, 6.07) is 7.52. The van der Waals surface area contributed by atoms with Crippen LogP contribution in [0.2, 0.25) is 0 Å². The molecule has 1 rings (SSSR count). The van der Waals surface area contributed by atoms with Crippen molar-refractivity contribution < 1.29 is 20.7 Å². The van der Waals surface area contributed by atoms with Crippen molar-refractivity contribution in [3.8, 4) is 5.75 Å². The summed E-state index contributed by atoms with van der Waals surface area (Å²) in [5, 5.41) is 19.2. The van der Waals surface area contributed by atoms with Gasteiger partial charge in [-0.2, -0.15) is 0 Å². The van der Waals surface area contributed by atoms with Crippen molar-refractivity contribution in [1.82, 2.24) is 4.90 Å². The van der Waals surface area contributed by atoms with Crippen LogP contribution >= 0.6 is 24.0 Å². The molecule has 1 aromatic rings. The van der Waals surface area contributed by atoms with Crippen LogP contribution in [-0.2, 0) is 6.42 Å². The predicted octanol–water partition coefficient (Wildman–Crippen LogP) is 1.24. The van der Waals surface area contributed by atoms with E-state index in [9.17, 15) is 15.0 Å². The van der Waals surface area contributed by atoms with E-state index in [1.165, 1.54) is 14.1 Å². The second-order valence-corrected chi connectivity index (χ2v) is 5.17. The van der Waals surface area contributed by atoms with Gasteiger partial charge in [-0.1, -0.05) is 32.0 Å². The third-order valence-corrected chi connectivity index (χ3v) is 3.42. The first-order valence-electron chi connectivity index (χ1n) is 6.76. The fourth-order valence-electron chi connectivity index (χ4n) is 1.56. The summed E-state index contributed by atoms with van der Waals surface area (Å²) in [6.07, 6.45) is 1.78. The van der Waals surface area contributed by atoms with Crippen molar-refractivity contribution in [2.45, 2.75) is 38.6 Å². The number of aromatic hydroxyl groups is 1. The number of benzene rings is 1. The Morgan fingerprint density at radius 1 is 1.29 bits per heavy atom. The molecule has 0 aromatic heterocycles. The van der Waals surface area contributed by atoms with Crippen molar-refractivity contribution in [2.75, 3.05) is 14.1 Å². The average Bonchev–Trinajstić information content (AvgIpc) is 2.42. The van der Waals surface area contributed by atoms with Crippen molar-refractivity contribution in [3.63, 3.8) is 0 Å². The molecule has 0 aliphatic carbocycles. The number of nitrogens with zero attached hydrogens (tertiary/aromatic N) is 1. The minimum absolute atomic E-state index is 0. The largest absolute Gasteiger partial charge is 0.530 e. The number of hydrogen-bond donors (Lipinski definition) is 2. The van der Waals surface area contributed by atoms with Crippen molar-refractivity contribution in [1.29, 1.82) is 0 Å². The fourth-order valence-corrected chi connectivity index (χ4v) is 1.56. The van der Waals surface area contributed by atoms with E-state index in [2.05, 4.69) is 19.6 Å². The van der Waals surface area contributed by atoms with Crippen LogP contribution in [-0.4, -0.2) is 35.7 Å². The number of quaternary nitrogens is 1. The lowest BCUT2D eigenvalue weighted by Crippen LogP contribution is -2.73. The van der Waals surface area contributed by atoms with Gasteiger partial charge in [0.25, 0.3) is 0 Å². The van der Waals surface area contributed by atoms with Gasteiger partial charge in [-0.3, -0.25) is 0 Å². The smallest absolute Gasteiger partial charge is 0.136 e. The van der Waals surface area contributed by atoms with E-state index in [1.807, 2.05) is 18.2 Å². The highest BCUT2D eigenvalue weighted by molar-refractivity contribution is 14.0. The van der Waals surface area contributed by atoms with E-state index < -0.39 is 6.09 Å². The quantitative estimate of drug-likeness (QED) is 0.732. The maximum absolute atomic E-state index is 9.64. The molecule has 0 radical (unpaired) electrons. The zero-order valence-corrected chi connectivity index (χ0v) is 15.6. The summed E-state index contributed by atoms with van der Waals surface area (Å²) in [5.41, 5.74) is 5.31. The molecule has 0 fully saturated rings. The molecule has 0 spiro atoms. The maximum atomic E-state index is 9.64. The van der Waals surface area contributed by atoms with Gasteiger partial charge in [0, 0.05) is 26.1 Å². The molecule has 5 nitrogen and oxygen atoms in total. The average molecular weight is 410 g/mol. The Morgan fingerprint density at radius 3 is 2.05 bits per heavy atom. The molecule has 0 saturated heterocycles. The molecule has 1 amide bonds. The lowest BCUT2D eigenvalue weighted by Gasteiger charge is -2.23. The second-order valence-electron chi connectivity index (χ2n) is 5.17. The van der Waals surface area contributed by atoms with Crippen molar-refractivity contribution in [2.24, 2.45) is 0 Å². The minimum Gasteiger partial charge on any atom is -0.530 e.